The van der Waals surface area contributed by atoms with E-state index in [2.05, 4.69) is 24.5 Å². The van der Waals surface area contributed by atoms with Crippen molar-refractivity contribution in [2.24, 2.45) is 23.7 Å². The lowest BCUT2D eigenvalue weighted by atomic mass is 9.73. The van der Waals surface area contributed by atoms with Gasteiger partial charge in [-0.2, -0.15) is 0 Å². The molecule has 2 aliphatic carbocycles. The number of ether oxygens (including phenoxy) is 1. The number of fused-ring (bicyclic) bond motifs is 1. The first-order chi connectivity index (χ1) is 18.7. The third-order valence-corrected chi connectivity index (χ3v) is 10.3. The highest BCUT2D eigenvalue weighted by Gasteiger charge is 2.73. The summed E-state index contributed by atoms with van der Waals surface area (Å²) >= 11 is 5.92. The number of nitrogens with zero attached hydrogens (tertiary/aromatic N) is 1. The second-order valence-electron chi connectivity index (χ2n) is 12.2. The maximum Gasteiger partial charge on any atom is 0.246 e. The van der Waals surface area contributed by atoms with E-state index in [1.54, 1.807) is 4.90 Å². The van der Waals surface area contributed by atoms with Crippen LogP contribution in [0.3, 0.4) is 0 Å². The molecule has 3 heterocycles. The summed E-state index contributed by atoms with van der Waals surface area (Å²) in [6.45, 7) is 4.42. The van der Waals surface area contributed by atoms with Crippen LogP contribution in [0.1, 0.15) is 65.2 Å². The number of hydrogen-bond donors (Lipinski definition) is 2. The van der Waals surface area contributed by atoms with Crippen molar-refractivity contribution in [3.05, 3.63) is 41.2 Å². The third-order valence-electron chi connectivity index (χ3n) is 10.1. The van der Waals surface area contributed by atoms with Crippen molar-refractivity contribution in [2.75, 3.05) is 5.32 Å². The molecule has 9 heteroatoms. The van der Waals surface area contributed by atoms with Crippen LogP contribution in [0.5, 0.6) is 0 Å². The van der Waals surface area contributed by atoms with Crippen molar-refractivity contribution in [3.8, 4) is 0 Å². The smallest absolute Gasteiger partial charge is 0.246 e. The van der Waals surface area contributed by atoms with Gasteiger partial charge in [-0.05, 0) is 49.3 Å². The first-order valence-electron chi connectivity index (χ1n) is 14.5. The number of carbonyl (C=O) groups is 3. The van der Waals surface area contributed by atoms with E-state index >= 15 is 0 Å². The summed E-state index contributed by atoms with van der Waals surface area (Å²) in [4.78, 5) is 43.8. The number of rotatable bonds is 5. The van der Waals surface area contributed by atoms with Crippen molar-refractivity contribution < 1.29 is 23.5 Å². The molecule has 8 atom stereocenters. The zero-order chi connectivity index (χ0) is 27.5. The van der Waals surface area contributed by atoms with Gasteiger partial charge in [0.05, 0.1) is 23.0 Å². The van der Waals surface area contributed by atoms with E-state index in [1.807, 2.05) is 12.2 Å². The van der Waals surface area contributed by atoms with Crippen molar-refractivity contribution >= 4 is 35.0 Å². The Balaban J connectivity index is 1.31. The Kier molecular flexibility index (Phi) is 6.99. The lowest BCUT2D eigenvalue weighted by Gasteiger charge is -2.40. The number of anilines is 1. The minimum atomic E-state index is -1.19. The van der Waals surface area contributed by atoms with Gasteiger partial charge in [0, 0.05) is 17.8 Å². The molecule has 6 unspecified atom stereocenters. The Morgan fingerprint density at radius 3 is 2.59 bits per heavy atom. The summed E-state index contributed by atoms with van der Waals surface area (Å²) in [5.74, 6) is -2.09. The number of hydrogen-bond acceptors (Lipinski definition) is 4. The van der Waals surface area contributed by atoms with Crippen LogP contribution in [0.2, 0.25) is 5.02 Å². The summed E-state index contributed by atoms with van der Waals surface area (Å²) in [6.07, 6.45) is 11.0. The first kappa shape index (κ1) is 26.8. The third kappa shape index (κ3) is 4.38. The Bertz CT molecular complexity index is 1200. The molecule has 2 saturated heterocycles. The summed E-state index contributed by atoms with van der Waals surface area (Å²) in [6, 6.07) is 3.15. The van der Waals surface area contributed by atoms with Gasteiger partial charge in [-0.25, -0.2) is 4.39 Å². The van der Waals surface area contributed by atoms with E-state index in [-0.39, 0.29) is 28.9 Å². The average Bonchev–Trinajstić information content (AvgIpc) is 3.56. The monoisotopic (exact) mass is 557 g/mol. The number of benzene rings is 1. The Hall–Kier alpha value is -2.45. The summed E-state index contributed by atoms with van der Waals surface area (Å²) in [5, 5.41) is 6.02. The maximum absolute atomic E-state index is 14.2. The summed E-state index contributed by atoms with van der Waals surface area (Å²) < 4.78 is 20.2. The predicted octanol–water partition coefficient (Wildman–Crippen LogP) is 4.84. The van der Waals surface area contributed by atoms with Crippen molar-refractivity contribution in [2.45, 2.75) is 95.0 Å². The van der Waals surface area contributed by atoms with E-state index in [4.69, 9.17) is 16.3 Å². The molecular weight excluding hydrogens is 521 g/mol. The van der Waals surface area contributed by atoms with Crippen LogP contribution >= 0.6 is 11.6 Å². The molecule has 2 N–H and O–H groups in total. The number of nitrogens with one attached hydrogen (secondary N) is 2. The van der Waals surface area contributed by atoms with Gasteiger partial charge in [-0.15, -0.1) is 0 Å². The molecule has 0 aromatic heterocycles. The van der Waals surface area contributed by atoms with E-state index in [0.29, 0.717) is 17.5 Å². The van der Waals surface area contributed by atoms with Crippen LogP contribution < -0.4 is 10.6 Å². The van der Waals surface area contributed by atoms with Crippen molar-refractivity contribution in [3.63, 3.8) is 0 Å². The molecule has 4 fully saturated rings. The molecule has 210 valence electrons. The zero-order valence-corrected chi connectivity index (χ0v) is 23.3. The Labute approximate surface area is 233 Å². The van der Waals surface area contributed by atoms with Crippen LogP contribution in [0.15, 0.2) is 30.4 Å². The van der Waals surface area contributed by atoms with Crippen LogP contribution in [-0.4, -0.2) is 52.5 Å². The quantitative estimate of drug-likeness (QED) is 0.507. The van der Waals surface area contributed by atoms with Crippen LogP contribution in [0.4, 0.5) is 10.1 Å². The Morgan fingerprint density at radius 2 is 1.85 bits per heavy atom. The molecule has 3 aliphatic heterocycles. The van der Waals surface area contributed by atoms with Crippen LogP contribution in [-0.2, 0) is 19.1 Å². The van der Waals surface area contributed by atoms with Crippen molar-refractivity contribution in [1.82, 2.24) is 10.2 Å². The molecule has 2 bridgehead atoms. The van der Waals surface area contributed by atoms with Crippen LogP contribution in [0.25, 0.3) is 0 Å². The Morgan fingerprint density at radius 1 is 1.08 bits per heavy atom. The normalized spacial score (nSPS) is 37.7. The minimum absolute atomic E-state index is 0.0462. The number of likely N-dealkylation sites (tertiary alicyclic amines) is 1. The minimum Gasteiger partial charge on any atom is -0.359 e. The van der Waals surface area contributed by atoms with Gasteiger partial charge in [0.1, 0.15) is 17.5 Å². The van der Waals surface area contributed by atoms with Gasteiger partial charge in [0.15, 0.2) is 0 Å². The second kappa shape index (κ2) is 10.2. The standard InChI is InChI=1S/C30H37ClFN3O4/c1-16-7-6-10-22(17(16)2)34-28(37)26-30-14-13-23(39-30)24(27(36)33-18-11-12-21(32)20(31)15-18)25(30)29(38)35(26)19-8-4-3-5-9-19/h11-17,19,22-26H,3-10H2,1-2H3,(H,33,36)(H,34,37)/t16?,17?,22?,23-,24?,25-,26?,30?/m0/s1. The topological polar surface area (TPSA) is 87.7 Å². The summed E-state index contributed by atoms with van der Waals surface area (Å²) in [7, 11) is 0. The van der Waals surface area contributed by atoms with Gasteiger partial charge in [-0.1, -0.05) is 69.7 Å². The SMILES string of the molecule is CC1CCCC(NC(=O)C2N(C3CCCCC3)C(=O)[C@@H]3C(C(=O)Nc4ccc(F)c(Cl)c4)[C@@H]4C=CC23O4)C1C. The fourth-order valence-corrected chi connectivity index (χ4v) is 7.99. The number of carbonyl (C=O) groups excluding carboxylic acids is 3. The highest BCUT2D eigenvalue weighted by atomic mass is 35.5. The van der Waals surface area contributed by atoms with Crippen LogP contribution in [0, 0.1) is 29.5 Å². The number of amides is 3. The lowest BCUT2D eigenvalue weighted by Crippen LogP contribution is -2.59. The zero-order valence-electron chi connectivity index (χ0n) is 22.5. The first-order valence-corrected chi connectivity index (χ1v) is 14.8. The van der Waals surface area contributed by atoms with E-state index in [9.17, 15) is 18.8 Å². The molecule has 7 nitrogen and oxygen atoms in total. The molecular formula is C30H37ClFN3O4. The maximum atomic E-state index is 14.2. The highest BCUT2D eigenvalue weighted by molar-refractivity contribution is 6.31. The molecule has 1 spiro atoms. The second-order valence-corrected chi connectivity index (χ2v) is 12.6. The molecule has 2 saturated carbocycles. The molecule has 1 aromatic rings. The van der Waals surface area contributed by atoms with Gasteiger partial charge in [-0.3, -0.25) is 14.4 Å². The molecule has 6 rings (SSSR count). The lowest BCUT2D eigenvalue weighted by molar-refractivity contribution is -0.145. The van der Waals surface area contributed by atoms with E-state index in [1.165, 1.54) is 18.2 Å². The van der Waals surface area contributed by atoms with Crippen molar-refractivity contribution in [1.29, 1.82) is 0 Å². The van der Waals surface area contributed by atoms with E-state index in [0.717, 1.165) is 51.4 Å². The van der Waals surface area contributed by atoms with Gasteiger partial charge >= 0.3 is 0 Å². The molecule has 1 aromatic carbocycles. The molecule has 5 aliphatic rings. The fraction of sp³-hybridized carbons (Fsp3) is 0.633. The average molecular weight is 558 g/mol. The van der Waals surface area contributed by atoms with Gasteiger partial charge in [0.25, 0.3) is 0 Å². The molecule has 3 amide bonds. The molecule has 0 radical (unpaired) electrons. The van der Waals surface area contributed by atoms with Gasteiger partial charge in [0.2, 0.25) is 17.7 Å². The predicted molar refractivity (Wildman–Crippen MR) is 145 cm³/mol. The fourth-order valence-electron chi connectivity index (χ4n) is 7.81. The number of halogens is 2. The molecule has 39 heavy (non-hydrogen) atoms. The summed E-state index contributed by atoms with van der Waals surface area (Å²) in [5.41, 5.74) is -0.841. The largest absolute Gasteiger partial charge is 0.359 e. The van der Waals surface area contributed by atoms with E-state index < -0.39 is 41.3 Å². The van der Waals surface area contributed by atoms with Gasteiger partial charge < -0.3 is 20.3 Å². The highest BCUT2D eigenvalue weighted by Crippen LogP contribution is 2.56.